The normalized spacial score (nSPS) is 12.8. The molecule has 0 fully saturated rings. The molecule has 0 saturated carbocycles. The van der Waals surface area contributed by atoms with Gasteiger partial charge in [0.2, 0.25) is 0 Å². The molecular weight excluding hydrogens is 234 g/mol. The van der Waals surface area contributed by atoms with E-state index in [-0.39, 0.29) is 0 Å². The van der Waals surface area contributed by atoms with E-state index in [1.165, 1.54) is 11.1 Å². The van der Waals surface area contributed by atoms with Gasteiger partial charge in [-0.2, -0.15) is 0 Å². The topological polar surface area (TPSA) is 40.7 Å². The number of aromatic amines is 1. The Hall–Kier alpha value is -1.61. The Bertz CT molecular complexity index is 471. The monoisotopic (exact) mass is 257 g/mol. The highest BCUT2D eigenvalue weighted by molar-refractivity contribution is 5.25. The fourth-order valence-electron chi connectivity index (χ4n) is 2.30. The first-order valence-corrected chi connectivity index (χ1v) is 7.00. The second kappa shape index (κ2) is 6.53. The van der Waals surface area contributed by atoms with Gasteiger partial charge in [-0.1, -0.05) is 45.0 Å². The zero-order valence-corrected chi connectivity index (χ0v) is 12.0. The molecule has 1 aromatic heterocycles. The van der Waals surface area contributed by atoms with Crippen LogP contribution in [0.2, 0.25) is 0 Å². The third-order valence-electron chi connectivity index (χ3n) is 3.48. The van der Waals surface area contributed by atoms with Gasteiger partial charge in [-0.3, -0.25) is 0 Å². The van der Waals surface area contributed by atoms with Crippen LogP contribution in [0.1, 0.15) is 43.6 Å². The van der Waals surface area contributed by atoms with Crippen LogP contribution >= 0.6 is 0 Å². The van der Waals surface area contributed by atoms with Gasteiger partial charge in [-0.15, -0.1) is 0 Å². The predicted octanol–water partition coefficient (Wildman–Crippen LogP) is 3.46. The van der Waals surface area contributed by atoms with Crippen molar-refractivity contribution < 1.29 is 0 Å². The summed E-state index contributed by atoms with van der Waals surface area (Å²) in [6.07, 6.45) is 4.68. The van der Waals surface area contributed by atoms with E-state index in [9.17, 15) is 0 Å². The number of H-pyrrole nitrogens is 1. The molecule has 2 N–H and O–H groups in total. The van der Waals surface area contributed by atoms with Crippen LogP contribution in [0.4, 0.5) is 0 Å². The van der Waals surface area contributed by atoms with Crippen molar-refractivity contribution in [2.75, 3.05) is 0 Å². The summed E-state index contributed by atoms with van der Waals surface area (Å²) >= 11 is 0. The smallest absolute Gasteiger partial charge is 0.0922 e. The molecule has 0 spiro atoms. The maximum Gasteiger partial charge on any atom is 0.0922 e. The van der Waals surface area contributed by atoms with E-state index < -0.39 is 0 Å². The summed E-state index contributed by atoms with van der Waals surface area (Å²) in [5.74, 6) is 0.551. The van der Waals surface area contributed by atoms with Crippen LogP contribution in [-0.2, 0) is 13.0 Å². The molecule has 0 aliphatic rings. The van der Waals surface area contributed by atoms with E-state index in [2.05, 4.69) is 60.3 Å². The van der Waals surface area contributed by atoms with Crippen molar-refractivity contribution in [2.24, 2.45) is 5.92 Å². The Labute approximate surface area is 115 Å². The molecule has 3 nitrogen and oxygen atoms in total. The van der Waals surface area contributed by atoms with Gasteiger partial charge < -0.3 is 10.3 Å². The molecule has 1 unspecified atom stereocenters. The number of aryl methyl sites for hydroxylation is 1. The van der Waals surface area contributed by atoms with Crippen molar-refractivity contribution >= 4 is 0 Å². The first kappa shape index (κ1) is 13.8. The van der Waals surface area contributed by atoms with E-state index in [4.69, 9.17) is 0 Å². The number of hydrogen-bond donors (Lipinski definition) is 2. The molecule has 1 aromatic carbocycles. The predicted molar refractivity (Wildman–Crippen MR) is 78.8 cm³/mol. The molecule has 0 radical (unpaired) electrons. The van der Waals surface area contributed by atoms with Crippen LogP contribution < -0.4 is 5.32 Å². The summed E-state index contributed by atoms with van der Waals surface area (Å²) in [7, 11) is 0. The molecule has 0 bridgehead atoms. The summed E-state index contributed by atoms with van der Waals surface area (Å²) in [5.41, 5.74) is 3.86. The zero-order valence-electron chi connectivity index (χ0n) is 12.0. The minimum absolute atomic E-state index is 0.370. The van der Waals surface area contributed by atoms with Gasteiger partial charge in [-0.25, -0.2) is 4.98 Å². The average Bonchev–Trinajstić information content (AvgIpc) is 2.92. The Morgan fingerprint density at radius 2 is 1.95 bits per heavy atom. The molecule has 1 atom stereocenters. The SMILES string of the molecule is CCc1ccc(C(NCc2cnc[nH]2)C(C)C)cc1. The fourth-order valence-corrected chi connectivity index (χ4v) is 2.30. The Morgan fingerprint density at radius 1 is 1.21 bits per heavy atom. The Morgan fingerprint density at radius 3 is 2.47 bits per heavy atom. The standard InChI is InChI=1S/C16H23N3/c1-4-13-5-7-14(8-6-13)16(12(2)3)18-10-15-9-17-11-19-15/h5-9,11-12,16,18H,4,10H2,1-3H3,(H,17,19). The average molecular weight is 257 g/mol. The Balaban J connectivity index is 2.06. The van der Waals surface area contributed by atoms with Crippen molar-refractivity contribution in [1.82, 2.24) is 15.3 Å². The van der Waals surface area contributed by atoms with Crippen LogP contribution in [0.15, 0.2) is 36.8 Å². The van der Waals surface area contributed by atoms with E-state index in [1.54, 1.807) is 6.33 Å². The van der Waals surface area contributed by atoms with Crippen LogP contribution in [-0.4, -0.2) is 9.97 Å². The molecule has 0 aliphatic carbocycles. The molecule has 2 aromatic rings. The van der Waals surface area contributed by atoms with E-state index >= 15 is 0 Å². The van der Waals surface area contributed by atoms with Gasteiger partial charge >= 0.3 is 0 Å². The molecule has 0 saturated heterocycles. The molecular formula is C16H23N3. The lowest BCUT2D eigenvalue weighted by molar-refractivity contribution is 0.408. The number of nitrogens with zero attached hydrogens (tertiary/aromatic N) is 1. The summed E-state index contributed by atoms with van der Waals surface area (Å²) in [5, 5.41) is 3.60. The number of imidazole rings is 1. The molecule has 1 heterocycles. The fraction of sp³-hybridized carbons (Fsp3) is 0.438. The maximum absolute atomic E-state index is 4.04. The summed E-state index contributed by atoms with van der Waals surface area (Å²) in [6, 6.07) is 9.30. The molecule has 3 heteroatoms. The second-order valence-corrected chi connectivity index (χ2v) is 5.27. The third-order valence-corrected chi connectivity index (χ3v) is 3.48. The minimum atomic E-state index is 0.370. The van der Waals surface area contributed by atoms with Crippen molar-refractivity contribution in [3.05, 3.63) is 53.6 Å². The van der Waals surface area contributed by atoms with E-state index in [0.717, 1.165) is 18.7 Å². The van der Waals surface area contributed by atoms with E-state index in [0.29, 0.717) is 12.0 Å². The van der Waals surface area contributed by atoms with Crippen LogP contribution in [0.3, 0.4) is 0 Å². The Kier molecular flexibility index (Phi) is 4.74. The van der Waals surface area contributed by atoms with Crippen LogP contribution in [0.5, 0.6) is 0 Å². The minimum Gasteiger partial charge on any atom is -0.347 e. The van der Waals surface area contributed by atoms with Gasteiger partial charge in [-0.05, 0) is 23.5 Å². The van der Waals surface area contributed by atoms with Crippen molar-refractivity contribution in [3.8, 4) is 0 Å². The molecule has 0 aliphatic heterocycles. The van der Waals surface area contributed by atoms with E-state index in [1.807, 2.05) is 6.20 Å². The molecule has 2 rings (SSSR count). The second-order valence-electron chi connectivity index (χ2n) is 5.27. The number of aromatic nitrogens is 2. The largest absolute Gasteiger partial charge is 0.347 e. The van der Waals surface area contributed by atoms with Crippen molar-refractivity contribution in [1.29, 1.82) is 0 Å². The van der Waals surface area contributed by atoms with Gasteiger partial charge in [0.15, 0.2) is 0 Å². The van der Waals surface area contributed by atoms with Gasteiger partial charge in [0.25, 0.3) is 0 Å². The quantitative estimate of drug-likeness (QED) is 0.832. The van der Waals surface area contributed by atoms with Crippen molar-refractivity contribution in [3.63, 3.8) is 0 Å². The highest BCUT2D eigenvalue weighted by Gasteiger charge is 2.15. The van der Waals surface area contributed by atoms with Gasteiger partial charge in [0.1, 0.15) is 0 Å². The number of hydrogen-bond acceptors (Lipinski definition) is 2. The number of nitrogens with one attached hydrogen (secondary N) is 2. The zero-order chi connectivity index (χ0) is 13.7. The highest BCUT2D eigenvalue weighted by atomic mass is 15.0. The first-order valence-electron chi connectivity index (χ1n) is 7.00. The summed E-state index contributed by atoms with van der Waals surface area (Å²) in [6.45, 7) is 7.50. The van der Waals surface area contributed by atoms with Crippen LogP contribution in [0, 0.1) is 5.92 Å². The molecule has 102 valence electrons. The third kappa shape index (κ3) is 3.67. The van der Waals surface area contributed by atoms with Gasteiger partial charge in [0, 0.05) is 24.5 Å². The van der Waals surface area contributed by atoms with Crippen LogP contribution in [0.25, 0.3) is 0 Å². The summed E-state index contributed by atoms with van der Waals surface area (Å²) < 4.78 is 0. The lowest BCUT2D eigenvalue weighted by Crippen LogP contribution is -2.25. The van der Waals surface area contributed by atoms with Crippen molar-refractivity contribution in [2.45, 2.75) is 39.8 Å². The highest BCUT2D eigenvalue weighted by Crippen LogP contribution is 2.22. The number of rotatable bonds is 6. The van der Waals surface area contributed by atoms with Gasteiger partial charge in [0.05, 0.1) is 6.33 Å². The maximum atomic E-state index is 4.04. The number of benzene rings is 1. The summed E-state index contributed by atoms with van der Waals surface area (Å²) in [4.78, 5) is 7.17. The molecule has 0 amide bonds. The lowest BCUT2D eigenvalue weighted by atomic mass is 9.95. The first-order chi connectivity index (χ1) is 9.20. The molecule has 19 heavy (non-hydrogen) atoms. The lowest BCUT2D eigenvalue weighted by Gasteiger charge is -2.23.